The molecule has 4 heteroatoms. The predicted molar refractivity (Wildman–Crippen MR) is 89.3 cm³/mol. The van der Waals surface area contributed by atoms with Crippen LogP contribution in [0.15, 0.2) is 24.3 Å². The molecule has 1 unspecified atom stereocenters. The predicted octanol–water partition coefficient (Wildman–Crippen LogP) is 2.99. The molecule has 1 fully saturated rings. The fourth-order valence-electron chi connectivity index (χ4n) is 2.13. The van der Waals surface area contributed by atoms with Gasteiger partial charge in [-0.05, 0) is 47.2 Å². The molecule has 0 radical (unpaired) electrons. The Morgan fingerprint density at radius 3 is 2.61 bits per heavy atom. The molecular weight excluding hydrogens is 355 g/mol. The molecular formula is C14H21IN2S. The average Bonchev–Trinajstić information content (AvgIpc) is 2.40. The number of thioether (sulfide) groups is 1. The van der Waals surface area contributed by atoms with Gasteiger partial charge in [0.2, 0.25) is 0 Å². The van der Waals surface area contributed by atoms with Crippen molar-refractivity contribution in [3.05, 3.63) is 33.4 Å². The van der Waals surface area contributed by atoms with Gasteiger partial charge in [-0.1, -0.05) is 12.1 Å². The molecule has 1 aliphatic heterocycles. The summed E-state index contributed by atoms with van der Waals surface area (Å²) in [6, 6.07) is 9.24. The van der Waals surface area contributed by atoms with Crippen LogP contribution in [-0.4, -0.2) is 42.6 Å². The molecule has 0 saturated carbocycles. The first-order chi connectivity index (χ1) is 8.75. The SMILES string of the molecule is CC(NCCN1CCSCC1)c1ccc(I)cc1. The third kappa shape index (κ3) is 4.72. The van der Waals surface area contributed by atoms with Gasteiger partial charge in [-0.2, -0.15) is 11.8 Å². The topological polar surface area (TPSA) is 15.3 Å². The second kappa shape index (κ2) is 7.72. The lowest BCUT2D eigenvalue weighted by molar-refractivity contribution is 0.297. The van der Waals surface area contributed by atoms with Crippen LogP contribution in [0.4, 0.5) is 0 Å². The average molecular weight is 376 g/mol. The van der Waals surface area contributed by atoms with Crippen molar-refractivity contribution in [1.29, 1.82) is 0 Å². The van der Waals surface area contributed by atoms with Crippen LogP contribution in [0.3, 0.4) is 0 Å². The first-order valence-corrected chi connectivity index (χ1v) is 8.78. The fraction of sp³-hybridized carbons (Fsp3) is 0.571. The van der Waals surface area contributed by atoms with E-state index in [0.29, 0.717) is 6.04 Å². The van der Waals surface area contributed by atoms with E-state index >= 15 is 0 Å². The van der Waals surface area contributed by atoms with Crippen LogP contribution in [0, 0.1) is 3.57 Å². The molecule has 0 bridgehead atoms. The zero-order chi connectivity index (χ0) is 12.8. The highest BCUT2D eigenvalue weighted by Gasteiger charge is 2.10. The van der Waals surface area contributed by atoms with Gasteiger partial charge in [-0.15, -0.1) is 0 Å². The van der Waals surface area contributed by atoms with Crippen molar-refractivity contribution < 1.29 is 0 Å². The van der Waals surface area contributed by atoms with Crippen molar-refractivity contribution in [1.82, 2.24) is 10.2 Å². The molecule has 1 atom stereocenters. The molecule has 0 aromatic heterocycles. The number of nitrogens with zero attached hydrogens (tertiary/aromatic N) is 1. The molecule has 100 valence electrons. The summed E-state index contributed by atoms with van der Waals surface area (Å²) in [6.45, 7) is 7.01. The van der Waals surface area contributed by atoms with Gasteiger partial charge in [0.15, 0.2) is 0 Å². The maximum absolute atomic E-state index is 3.61. The Morgan fingerprint density at radius 2 is 1.94 bits per heavy atom. The van der Waals surface area contributed by atoms with E-state index in [1.54, 1.807) is 0 Å². The van der Waals surface area contributed by atoms with Crippen LogP contribution in [0.2, 0.25) is 0 Å². The molecule has 0 spiro atoms. The van der Waals surface area contributed by atoms with Crippen molar-refractivity contribution in [2.24, 2.45) is 0 Å². The molecule has 1 aromatic carbocycles. The monoisotopic (exact) mass is 376 g/mol. The Labute approximate surface area is 128 Å². The minimum atomic E-state index is 0.446. The highest BCUT2D eigenvalue weighted by atomic mass is 127. The summed E-state index contributed by atoms with van der Waals surface area (Å²) in [5.74, 6) is 2.60. The van der Waals surface area contributed by atoms with E-state index < -0.39 is 0 Å². The number of benzene rings is 1. The maximum Gasteiger partial charge on any atom is 0.0292 e. The second-order valence-corrected chi connectivity index (χ2v) is 7.15. The van der Waals surface area contributed by atoms with Crippen LogP contribution < -0.4 is 5.32 Å². The van der Waals surface area contributed by atoms with Crippen LogP contribution in [-0.2, 0) is 0 Å². The van der Waals surface area contributed by atoms with Gasteiger partial charge in [0.25, 0.3) is 0 Å². The summed E-state index contributed by atoms with van der Waals surface area (Å²) in [5, 5.41) is 3.61. The standard InChI is InChI=1S/C14H21IN2S/c1-12(13-2-4-14(15)5-3-13)16-6-7-17-8-10-18-11-9-17/h2-5,12,16H,6-11H2,1H3. The van der Waals surface area contributed by atoms with E-state index in [1.807, 2.05) is 0 Å². The highest BCUT2D eigenvalue weighted by molar-refractivity contribution is 14.1. The first-order valence-electron chi connectivity index (χ1n) is 6.54. The van der Waals surface area contributed by atoms with E-state index in [0.717, 1.165) is 6.54 Å². The Hall–Kier alpha value is 0.220. The van der Waals surface area contributed by atoms with Crippen LogP contribution in [0.5, 0.6) is 0 Å². The summed E-state index contributed by atoms with van der Waals surface area (Å²) < 4.78 is 1.30. The number of hydrogen-bond acceptors (Lipinski definition) is 3. The molecule has 1 heterocycles. The normalized spacial score (nSPS) is 18.8. The van der Waals surface area contributed by atoms with Gasteiger partial charge in [0.05, 0.1) is 0 Å². The Kier molecular flexibility index (Phi) is 6.28. The number of hydrogen-bond donors (Lipinski definition) is 1. The molecule has 18 heavy (non-hydrogen) atoms. The fourth-order valence-corrected chi connectivity index (χ4v) is 3.47. The molecule has 1 N–H and O–H groups in total. The van der Waals surface area contributed by atoms with E-state index in [4.69, 9.17) is 0 Å². The summed E-state index contributed by atoms with van der Waals surface area (Å²) >= 11 is 4.42. The minimum Gasteiger partial charge on any atom is -0.309 e. The lowest BCUT2D eigenvalue weighted by Crippen LogP contribution is -2.38. The molecule has 1 saturated heterocycles. The van der Waals surface area contributed by atoms with Gasteiger partial charge in [0, 0.05) is 47.3 Å². The van der Waals surface area contributed by atoms with Gasteiger partial charge < -0.3 is 10.2 Å². The summed E-state index contributed by atoms with van der Waals surface area (Å²) in [7, 11) is 0. The lowest BCUT2D eigenvalue weighted by atomic mass is 10.1. The molecule has 1 aromatic rings. The van der Waals surface area contributed by atoms with Crippen molar-refractivity contribution in [2.45, 2.75) is 13.0 Å². The maximum atomic E-state index is 3.61. The largest absolute Gasteiger partial charge is 0.309 e. The van der Waals surface area contributed by atoms with Crippen molar-refractivity contribution in [3.63, 3.8) is 0 Å². The Balaban J connectivity index is 1.70. The number of nitrogens with one attached hydrogen (secondary N) is 1. The van der Waals surface area contributed by atoms with Crippen molar-refractivity contribution >= 4 is 34.4 Å². The van der Waals surface area contributed by atoms with Gasteiger partial charge in [-0.25, -0.2) is 0 Å². The van der Waals surface area contributed by atoms with Crippen LogP contribution in [0.1, 0.15) is 18.5 Å². The minimum absolute atomic E-state index is 0.446. The Bertz CT molecular complexity index is 349. The number of rotatable bonds is 5. The van der Waals surface area contributed by atoms with E-state index in [9.17, 15) is 0 Å². The Morgan fingerprint density at radius 1 is 1.28 bits per heavy atom. The third-order valence-electron chi connectivity index (χ3n) is 3.35. The molecule has 2 rings (SSSR count). The molecule has 2 nitrogen and oxygen atoms in total. The third-order valence-corrected chi connectivity index (χ3v) is 5.01. The van der Waals surface area contributed by atoms with Crippen LogP contribution >= 0.6 is 34.4 Å². The van der Waals surface area contributed by atoms with E-state index in [-0.39, 0.29) is 0 Å². The summed E-state index contributed by atoms with van der Waals surface area (Å²) in [4.78, 5) is 2.56. The summed E-state index contributed by atoms with van der Waals surface area (Å²) in [5.41, 5.74) is 1.38. The van der Waals surface area contributed by atoms with Crippen molar-refractivity contribution in [2.75, 3.05) is 37.7 Å². The van der Waals surface area contributed by atoms with Crippen molar-refractivity contribution in [3.8, 4) is 0 Å². The zero-order valence-electron chi connectivity index (χ0n) is 10.9. The quantitative estimate of drug-likeness (QED) is 0.796. The van der Waals surface area contributed by atoms with Gasteiger partial charge >= 0.3 is 0 Å². The van der Waals surface area contributed by atoms with Gasteiger partial charge in [-0.3, -0.25) is 0 Å². The van der Waals surface area contributed by atoms with E-state index in [1.165, 1.54) is 40.3 Å². The summed E-state index contributed by atoms with van der Waals surface area (Å²) in [6.07, 6.45) is 0. The molecule has 1 aliphatic rings. The van der Waals surface area contributed by atoms with Crippen LogP contribution in [0.25, 0.3) is 0 Å². The smallest absolute Gasteiger partial charge is 0.0292 e. The lowest BCUT2D eigenvalue weighted by Gasteiger charge is -2.26. The first kappa shape index (κ1) is 14.6. The van der Waals surface area contributed by atoms with E-state index in [2.05, 4.69) is 75.8 Å². The molecule has 0 aliphatic carbocycles. The number of halogens is 1. The zero-order valence-corrected chi connectivity index (χ0v) is 13.8. The van der Waals surface area contributed by atoms with Gasteiger partial charge in [0.1, 0.15) is 0 Å². The molecule has 0 amide bonds. The highest BCUT2D eigenvalue weighted by Crippen LogP contribution is 2.14. The second-order valence-electron chi connectivity index (χ2n) is 4.68.